The fraction of sp³-hybridized carbons (Fsp3) is 0.143. The second kappa shape index (κ2) is 8.74. The van der Waals surface area contributed by atoms with Crippen molar-refractivity contribution in [1.82, 2.24) is 10.3 Å². The van der Waals surface area contributed by atoms with Crippen molar-refractivity contribution >= 4 is 21.6 Å². The molecule has 150 valence electrons. The molecule has 1 aromatic heterocycles. The smallest absolute Gasteiger partial charge is 0.261 e. The Kier molecular flexibility index (Phi) is 6.13. The molecule has 8 heteroatoms. The third-order valence-corrected chi connectivity index (χ3v) is 5.61. The maximum atomic E-state index is 12.7. The van der Waals surface area contributed by atoms with E-state index in [0.717, 1.165) is 0 Å². The predicted molar refractivity (Wildman–Crippen MR) is 110 cm³/mol. The van der Waals surface area contributed by atoms with E-state index < -0.39 is 10.0 Å². The number of benzene rings is 2. The van der Waals surface area contributed by atoms with E-state index in [0.29, 0.717) is 17.1 Å². The number of anilines is 1. The van der Waals surface area contributed by atoms with Crippen molar-refractivity contribution in [3.63, 3.8) is 0 Å². The second-order valence-corrected chi connectivity index (χ2v) is 7.99. The summed E-state index contributed by atoms with van der Waals surface area (Å²) in [4.78, 5) is 16.8. The van der Waals surface area contributed by atoms with Gasteiger partial charge in [0.1, 0.15) is 5.75 Å². The van der Waals surface area contributed by atoms with Crippen LogP contribution in [0.5, 0.6) is 5.75 Å². The Labute approximate surface area is 169 Å². The molecule has 1 heterocycles. The molecule has 0 saturated heterocycles. The van der Waals surface area contributed by atoms with E-state index in [1.165, 1.54) is 25.3 Å². The van der Waals surface area contributed by atoms with Crippen LogP contribution in [0, 0.1) is 0 Å². The minimum atomic E-state index is -3.85. The number of aromatic nitrogens is 1. The minimum absolute atomic E-state index is 0.00791. The van der Waals surface area contributed by atoms with Crippen LogP contribution < -0.4 is 14.8 Å². The fourth-order valence-corrected chi connectivity index (χ4v) is 3.77. The molecule has 0 aliphatic rings. The number of methoxy groups -OCH3 is 1. The molecule has 0 bridgehead atoms. The van der Waals surface area contributed by atoms with Crippen LogP contribution in [-0.2, 0) is 10.0 Å². The second-order valence-electron chi connectivity index (χ2n) is 6.31. The number of hydrogen-bond donors (Lipinski definition) is 2. The van der Waals surface area contributed by atoms with Gasteiger partial charge in [-0.1, -0.05) is 12.1 Å². The summed E-state index contributed by atoms with van der Waals surface area (Å²) in [6.45, 7) is 1.81. The number of ether oxygens (including phenoxy) is 1. The summed E-state index contributed by atoms with van der Waals surface area (Å²) in [6, 6.07) is 17.5. The molecule has 3 rings (SSSR count). The lowest BCUT2D eigenvalue weighted by molar-refractivity contribution is 0.0939. The molecule has 0 radical (unpaired) electrons. The van der Waals surface area contributed by atoms with Crippen LogP contribution >= 0.6 is 0 Å². The molecule has 1 atom stereocenters. The monoisotopic (exact) mass is 411 g/mol. The molecule has 2 N–H and O–H groups in total. The van der Waals surface area contributed by atoms with Gasteiger partial charge >= 0.3 is 0 Å². The highest BCUT2D eigenvalue weighted by atomic mass is 32.2. The van der Waals surface area contributed by atoms with Gasteiger partial charge in [-0.05, 0) is 61.5 Å². The zero-order chi connectivity index (χ0) is 20.9. The summed E-state index contributed by atoms with van der Waals surface area (Å²) in [6.07, 6.45) is 1.65. The van der Waals surface area contributed by atoms with E-state index in [1.54, 1.807) is 42.6 Å². The average Bonchev–Trinajstić information content (AvgIpc) is 2.74. The third-order valence-electron chi connectivity index (χ3n) is 4.23. The van der Waals surface area contributed by atoms with Gasteiger partial charge in [-0.15, -0.1) is 0 Å². The summed E-state index contributed by atoms with van der Waals surface area (Å²) < 4.78 is 32.9. The molecule has 0 spiro atoms. The van der Waals surface area contributed by atoms with E-state index in [9.17, 15) is 13.2 Å². The van der Waals surface area contributed by atoms with E-state index in [1.807, 2.05) is 19.1 Å². The van der Waals surface area contributed by atoms with Crippen molar-refractivity contribution in [1.29, 1.82) is 0 Å². The summed E-state index contributed by atoms with van der Waals surface area (Å²) in [7, 11) is -2.32. The first-order valence-corrected chi connectivity index (χ1v) is 10.4. The van der Waals surface area contributed by atoms with Crippen LogP contribution in [0.2, 0.25) is 0 Å². The molecule has 0 saturated carbocycles. The van der Waals surface area contributed by atoms with Gasteiger partial charge in [-0.2, -0.15) is 0 Å². The van der Waals surface area contributed by atoms with Crippen LogP contribution in [0.15, 0.2) is 77.8 Å². The first-order valence-electron chi connectivity index (χ1n) is 8.88. The zero-order valence-electron chi connectivity index (χ0n) is 16.0. The Morgan fingerprint density at radius 3 is 2.45 bits per heavy atom. The number of sulfonamides is 1. The van der Waals surface area contributed by atoms with Gasteiger partial charge in [0.2, 0.25) is 0 Å². The number of carbonyl (C=O) groups excluding carboxylic acids is 1. The summed E-state index contributed by atoms with van der Waals surface area (Å²) in [5.41, 5.74) is 1.35. The van der Waals surface area contributed by atoms with Gasteiger partial charge < -0.3 is 10.1 Å². The molecule has 0 aliphatic carbocycles. The van der Waals surface area contributed by atoms with Crippen LogP contribution in [0.4, 0.5) is 5.69 Å². The summed E-state index contributed by atoms with van der Waals surface area (Å²) in [5, 5.41) is 2.82. The number of pyridine rings is 1. The molecule has 2 aromatic carbocycles. The Morgan fingerprint density at radius 1 is 1.03 bits per heavy atom. The summed E-state index contributed by atoms with van der Waals surface area (Å²) in [5.74, 6) is 0.235. The Morgan fingerprint density at radius 2 is 1.79 bits per heavy atom. The van der Waals surface area contributed by atoms with Crippen LogP contribution in [0.1, 0.15) is 29.0 Å². The topological polar surface area (TPSA) is 97.4 Å². The largest absolute Gasteiger partial charge is 0.497 e. The predicted octanol–water partition coefficient (Wildman–Crippen LogP) is 3.38. The van der Waals surface area contributed by atoms with Gasteiger partial charge in [0.25, 0.3) is 15.9 Å². The first kappa shape index (κ1) is 20.3. The van der Waals surface area contributed by atoms with Crippen molar-refractivity contribution in [2.75, 3.05) is 11.8 Å². The maximum absolute atomic E-state index is 12.7. The van der Waals surface area contributed by atoms with Crippen LogP contribution in [0.25, 0.3) is 0 Å². The van der Waals surface area contributed by atoms with Crippen molar-refractivity contribution in [2.24, 2.45) is 0 Å². The lowest BCUT2D eigenvalue weighted by Crippen LogP contribution is -2.27. The zero-order valence-corrected chi connectivity index (χ0v) is 16.8. The van der Waals surface area contributed by atoms with Crippen molar-refractivity contribution in [3.8, 4) is 5.75 Å². The van der Waals surface area contributed by atoms with Crippen molar-refractivity contribution in [3.05, 3.63) is 84.2 Å². The fourth-order valence-electron chi connectivity index (χ4n) is 2.66. The molecular weight excluding hydrogens is 390 g/mol. The van der Waals surface area contributed by atoms with Gasteiger partial charge in [0, 0.05) is 17.4 Å². The summed E-state index contributed by atoms with van der Waals surface area (Å²) >= 11 is 0. The van der Waals surface area contributed by atoms with E-state index in [2.05, 4.69) is 15.0 Å². The lowest BCUT2D eigenvalue weighted by Gasteiger charge is -2.14. The SMILES string of the molecule is COc1ccc(NS(=O)(=O)c2cccc(C(=O)NC(C)c3ccccn3)c2)cc1. The van der Waals surface area contributed by atoms with Gasteiger partial charge in [-0.3, -0.25) is 14.5 Å². The first-order chi connectivity index (χ1) is 13.9. The Balaban J connectivity index is 1.76. The quantitative estimate of drug-likeness (QED) is 0.621. The van der Waals surface area contributed by atoms with E-state index in [-0.39, 0.29) is 22.4 Å². The number of rotatable bonds is 7. The third kappa shape index (κ3) is 5.11. The average molecular weight is 411 g/mol. The highest BCUT2D eigenvalue weighted by Gasteiger charge is 2.18. The standard InChI is InChI=1S/C21H21N3O4S/c1-15(20-8-3-4-13-22-20)23-21(25)16-6-5-7-19(14-16)29(26,27)24-17-9-11-18(28-2)12-10-17/h3-15,24H,1-2H3,(H,23,25). The highest BCUT2D eigenvalue weighted by molar-refractivity contribution is 7.92. The van der Waals surface area contributed by atoms with Gasteiger partial charge in [0.15, 0.2) is 0 Å². The molecule has 3 aromatic rings. The van der Waals surface area contributed by atoms with E-state index >= 15 is 0 Å². The van der Waals surface area contributed by atoms with Crippen LogP contribution in [0.3, 0.4) is 0 Å². The normalized spacial score (nSPS) is 12.1. The molecule has 7 nitrogen and oxygen atoms in total. The van der Waals surface area contributed by atoms with E-state index in [4.69, 9.17) is 4.74 Å². The Hall–Kier alpha value is -3.39. The van der Waals surface area contributed by atoms with Gasteiger partial charge in [-0.25, -0.2) is 8.42 Å². The molecule has 0 aliphatic heterocycles. The molecule has 1 unspecified atom stereocenters. The number of amides is 1. The molecule has 1 amide bonds. The lowest BCUT2D eigenvalue weighted by atomic mass is 10.1. The van der Waals surface area contributed by atoms with Crippen molar-refractivity contribution in [2.45, 2.75) is 17.9 Å². The van der Waals surface area contributed by atoms with Gasteiger partial charge in [0.05, 0.1) is 23.7 Å². The maximum Gasteiger partial charge on any atom is 0.261 e. The number of carbonyl (C=O) groups is 1. The highest BCUT2D eigenvalue weighted by Crippen LogP contribution is 2.20. The van der Waals surface area contributed by atoms with Crippen molar-refractivity contribution < 1.29 is 17.9 Å². The molecular formula is C21H21N3O4S. The van der Waals surface area contributed by atoms with Crippen LogP contribution in [-0.4, -0.2) is 26.4 Å². The minimum Gasteiger partial charge on any atom is -0.497 e. The Bertz CT molecular complexity index is 1080. The number of hydrogen-bond acceptors (Lipinski definition) is 5. The molecule has 0 fully saturated rings. The molecule has 29 heavy (non-hydrogen) atoms. The number of nitrogens with one attached hydrogen (secondary N) is 2. The number of nitrogens with zero attached hydrogens (tertiary/aromatic N) is 1.